The van der Waals surface area contributed by atoms with Gasteiger partial charge in [0.25, 0.3) is 0 Å². The Labute approximate surface area is 157 Å². The minimum atomic E-state index is -3.13. The Morgan fingerprint density at radius 2 is 1.74 bits per heavy atom. The lowest BCUT2D eigenvalue weighted by Crippen LogP contribution is -2.12. The number of benzene rings is 2. The normalized spacial score (nSPS) is 19.7. The average molecular weight is 380 g/mol. The summed E-state index contributed by atoms with van der Waals surface area (Å²) in [4.78, 5) is 12.2. The van der Waals surface area contributed by atoms with Crippen molar-refractivity contribution in [2.24, 2.45) is 5.92 Å². The molecule has 0 amide bonds. The first-order valence-corrected chi connectivity index (χ1v) is 8.99. The molecular weight excluding hydrogens is 357 g/mol. The fraction of sp³-hybridized carbons (Fsp3) is 0.381. The minimum Gasteiger partial charge on any atom is -0.432 e. The zero-order chi connectivity index (χ0) is 19.4. The highest BCUT2D eigenvalue weighted by Gasteiger charge is 2.20. The second kappa shape index (κ2) is 8.46. The molecule has 0 saturated heterocycles. The first-order valence-electron chi connectivity index (χ1n) is 8.99. The van der Waals surface area contributed by atoms with Crippen molar-refractivity contribution in [2.45, 2.75) is 45.1 Å². The van der Waals surface area contributed by atoms with E-state index in [0.717, 1.165) is 30.9 Å². The Balaban J connectivity index is 0.00000280. The molecule has 0 aliphatic heterocycles. The molecule has 1 aliphatic rings. The maximum atomic E-state index is 13.7. The van der Waals surface area contributed by atoms with Gasteiger partial charge >= 0.3 is 12.6 Å². The van der Waals surface area contributed by atoms with Gasteiger partial charge in [-0.1, -0.05) is 31.9 Å². The second-order valence-electron chi connectivity index (χ2n) is 6.94. The second-order valence-corrected chi connectivity index (χ2v) is 6.94. The van der Waals surface area contributed by atoms with Gasteiger partial charge in [0.15, 0.2) is 11.6 Å². The molecule has 6 heteroatoms. The molecule has 2 aromatic rings. The van der Waals surface area contributed by atoms with E-state index in [1.807, 2.05) is 12.1 Å². The van der Waals surface area contributed by atoms with Crippen LogP contribution in [0.3, 0.4) is 0 Å². The predicted octanol–water partition coefficient (Wildman–Crippen LogP) is 6.19. The molecule has 27 heavy (non-hydrogen) atoms. The summed E-state index contributed by atoms with van der Waals surface area (Å²) in [6.45, 7) is -0.858. The van der Waals surface area contributed by atoms with Crippen LogP contribution in [0.15, 0.2) is 42.5 Å². The molecule has 3 nitrogen and oxygen atoms in total. The maximum absolute atomic E-state index is 13.7. The van der Waals surface area contributed by atoms with Crippen molar-refractivity contribution in [1.82, 2.24) is 0 Å². The monoisotopic (exact) mass is 380 g/mol. The first kappa shape index (κ1) is 19.3. The number of hydrogen-bond donors (Lipinski definition) is 0. The highest BCUT2D eigenvalue weighted by Crippen LogP contribution is 2.35. The maximum Gasteiger partial charge on any atom is 0.387 e. The number of esters is 1. The fourth-order valence-electron chi connectivity index (χ4n) is 3.39. The number of halogens is 3. The highest BCUT2D eigenvalue weighted by molar-refractivity contribution is 5.91. The van der Waals surface area contributed by atoms with Crippen LogP contribution in [0.2, 0.25) is 0 Å². The summed E-state index contributed by atoms with van der Waals surface area (Å²) in [6, 6.07) is 10.3. The zero-order valence-corrected chi connectivity index (χ0v) is 15.0. The molecule has 1 aliphatic carbocycles. The number of ether oxygens (including phenoxy) is 2. The molecule has 0 unspecified atom stereocenters. The Bertz CT molecular complexity index is 788. The van der Waals surface area contributed by atoms with E-state index >= 15 is 0 Å². The summed E-state index contributed by atoms with van der Waals surface area (Å²) in [5.41, 5.74) is 1.55. The lowest BCUT2D eigenvalue weighted by molar-refractivity contribution is -0.0522. The lowest BCUT2D eigenvalue weighted by Gasteiger charge is -2.26. The van der Waals surface area contributed by atoms with Gasteiger partial charge in [-0.15, -0.1) is 0 Å². The smallest absolute Gasteiger partial charge is 0.387 e. The minimum absolute atomic E-state index is 0. The molecule has 1 fully saturated rings. The third-order valence-corrected chi connectivity index (χ3v) is 4.96. The van der Waals surface area contributed by atoms with Gasteiger partial charge in [-0.3, -0.25) is 0 Å². The number of rotatable bonds is 5. The molecule has 0 heterocycles. The molecule has 0 atom stereocenters. The number of alkyl halides is 2. The van der Waals surface area contributed by atoms with Crippen LogP contribution >= 0.6 is 0 Å². The van der Waals surface area contributed by atoms with Gasteiger partial charge in [-0.05, 0) is 54.5 Å². The molecule has 1 saturated carbocycles. The zero-order valence-electron chi connectivity index (χ0n) is 15.0. The predicted molar refractivity (Wildman–Crippen MR) is 96.9 cm³/mol. The number of hydrogen-bond acceptors (Lipinski definition) is 3. The van der Waals surface area contributed by atoms with Gasteiger partial charge in [0.2, 0.25) is 0 Å². The molecule has 0 N–H and O–H groups in total. The van der Waals surface area contributed by atoms with Crippen molar-refractivity contribution < 1.29 is 28.9 Å². The number of carbonyl (C=O) groups excluding carboxylic acids is 1. The van der Waals surface area contributed by atoms with E-state index in [0.29, 0.717) is 11.5 Å². The van der Waals surface area contributed by atoms with E-state index in [1.54, 1.807) is 12.1 Å². The standard InChI is InChI=1S/C21H21F3O3.H2/c1-13-2-4-14(5-3-13)15-6-8-16(9-7-15)20(25)26-17-10-11-19(18(22)12-17)27-21(23)24;/h6-14,21H,2-5H2,1H3;1H. The SMILES string of the molecule is CC1CCC(c2ccc(C(=O)Oc3ccc(OC(F)F)c(F)c3)cc2)CC1.[HH]. The van der Waals surface area contributed by atoms with E-state index < -0.39 is 24.1 Å². The third kappa shape index (κ3) is 5.02. The van der Waals surface area contributed by atoms with Crippen molar-refractivity contribution in [3.05, 3.63) is 59.4 Å². The summed E-state index contributed by atoms with van der Waals surface area (Å²) < 4.78 is 47.1. The fourth-order valence-corrected chi connectivity index (χ4v) is 3.39. The van der Waals surface area contributed by atoms with Gasteiger partial charge in [0, 0.05) is 7.49 Å². The van der Waals surface area contributed by atoms with Crippen LogP contribution in [0.5, 0.6) is 11.5 Å². The summed E-state index contributed by atoms with van der Waals surface area (Å²) in [5.74, 6) is -1.06. The largest absolute Gasteiger partial charge is 0.432 e. The summed E-state index contributed by atoms with van der Waals surface area (Å²) in [7, 11) is 0. The Morgan fingerprint density at radius 3 is 2.33 bits per heavy atom. The van der Waals surface area contributed by atoms with Gasteiger partial charge in [-0.25, -0.2) is 9.18 Å². The Morgan fingerprint density at radius 1 is 1.07 bits per heavy atom. The molecule has 0 aromatic heterocycles. The molecule has 146 valence electrons. The van der Waals surface area contributed by atoms with Crippen molar-refractivity contribution in [1.29, 1.82) is 0 Å². The summed E-state index contributed by atoms with van der Waals surface area (Å²) in [5, 5.41) is 0. The van der Waals surface area contributed by atoms with Crippen molar-refractivity contribution in [3.8, 4) is 11.5 Å². The molecule has 0 bridgehead atoms. The first-order chi connectivity index (χ1) is 12.9. The number of carbonyl (C=O) groups is 1. The van der Waals surface area contributed by atoms with E-state index in [-0.39, 0.29) is 7.18 Å². The van der Waals surface area contributed by atoms with E-state index in [2.05, 4.69) is 11.7 Å². The molecule has 0 spiro atoms. The van der Waals surface area contributed by atoms with Gasteiger partial charge < -0.3 is 9.47 Å². The lowest BCUT2D eigenvalue weighted by atomic mass is 9.79. The van der Waals surface area contributed by atoms with Crippen molar-refractivity contribution >= 4 is 5.97 Å². The van der Waals surface area contributed by atoms with Crippen LogP contribution in [0.25, 0.3) is 0 Å². The third-order valence-electron chi connectivity index (χ3n) is 4.96. The average Bonchev–Trinajstić information content (AvgIpc) is 2.64. The van der Waals surface area contributed by atoms with Crippen LogP contribution < -0.4 is 9.47 Å². The highest BCUT2D eigenvalue weighted by atomic mass is 19.3. The van der Waals surface area contributed by atoms with Gasteiger partial charge in [0.1, 0.15) is 5.75 Å². The van der Waals surface area contributed by atoms with Gasteiger partial charge in [0.05, 0.1) is 5.56 Å². The van der Waals surface area contributed by atoms with E-state index in [4.69, 9.17) is 4.74 Å². The van der Waals surface area contributed by atoms with Crippen LogP contribution in [0.4, 0.5) is 13.2 Å². The van der Waals surface area contributed by atoms with Gasteiger partial charge in [-0.2, -0.15) is 8.78 Å². The summed E-state index contributed by atoms with van der Waals surface area (Å²) >= 11 is 0. The van der Waals surface area contributed by atoms with E-state index in [9.17, 15) is 18.0 Å². The topological polar surface area (TPSA) is 35.5 Å². The molecule has 2 aromatic carbocycles. The Hall–Kier alpha value is -2.50. The molecule has 0 radical (unpaired) electrons. The quantitative estimate of drug-likeness (QED) is 0.459. The summed E-state index contributed by atoms with van der Waals surface area (Å²) in [6.07, 6.45) is 4.73. The van der Waals surface area contributed by atoms with Crippen LogP contribution in [-0.2, 0) is 0 Å². The molecular formula is C21H23F3O3. The van der Waals surface area contributed by atoms with Crippen molar-refractivity contribution in [2.75, 3.05) is 0 Å². The van der Waals surface area contributed by atoms with Crippen molar-refractivity contribution in [3.63, 3.8) is 0 Å². The van der Waals surface area contributed by atoms with Crippen LogP contribution in [0, 0.1) is 11.7 Å². The van der Waals surface area contributed by atoms with E-state index in [1.165, 1.54) is 24.5 Å². The van der Waals surface area contributed by atoms with Crippen LogP contribution in [-0.4, -0.2) is 12.6 Å². The van der Waals surface area contributed by atoms with Crippen LogP contribution in [0.1, 0.15) is 55.9 Å². The molecule has 3 rings (SSSR count). The Kier molecular flexibility index (Phi) is 6.04.